The predicted octanol–water partition coefficient (Wildman–Crippen LogP) is 4.61. The van der Waals surface area contributed by atoms with Crippen LogP contribution in [0.3, 0.4) is 0 Å². The van der Waals surface area contributed by atoms with Gasteiger partial charge in [-0.2, -0.15) is 4.98 Å². The van der Waals surface area contributed by atoms with Crippen LogP contribution in [-0.2, 0) is 0 Å². The van der Waals surface area contributed by atoms with Crippen molar-refractivity contribution in [3.8, 4) is 11.1 Å². The number of rotatable bonds is 2. The standard InChI is InChI=1S/C16H14ClN3S/c17-16-18-14(20-8-4-5-9-20)13-12(10-21-15(13)19-16)11-6-2-1-3-7-11/h1-3,6-7,10H,4-5,8-9H2. The Morgan fingerprint density at radius 2 is 1.81 bits per heavy atom. The van der Waals surface area contributed by atoms with Crippen molar-refractivity contribution in [3.05, 3.63) is 41.0 Å². The van der Waals surface area contributed by atoms with Crippen molar-refractivity contribution < 1.29 is 0 Å². The molecule has 0 radical (unpaired) electrons. The van der Waals surface area contributed by atoms with Crippen molar-refractivity contribution in [2.45, 2.75) is 12.8 Å². The first-order valence-corrected chi connectivity index (χ1v) is 8.34. The van der Waals surface area contributed by atoms with Gasteiger partial charge in [-0.15, -0.1) is 11.3 Å². The van der Waals surface area contributed by atoms with E-state index in [0.717, 1.165) is 29.1 Å². The van der Waals surface area contributed by atoms with E-state index in [9.17, 15) is 0 Å². The minimum Gasteiger partial charge on any atom is -0.356 e. The monoisotopic (exact) mass is 315 g/mol. The molecule has 5 heteroatoms. The molecule has 0 unspecified atom stereocenters. The molecule has 0 atom stereocenters. The van der Waals surface area contributed by atoms with Gasteiger partial charge in [-0.05, 0) is 30.0 Å². The number of anilines is 1. The normalized spacial score (nSPS) is 15.0. The van der Waals surface area contributed by atoms with Crippen molar-refractivity contribution in [2.24, 2.45) is 0 Å². The zero-order chi connectivity index (χ0) is 14.2. The number of aromatic nitrogens is 2. The molecule has 3 aromatic rings. The van der Waals surface area contributed by atoms with E-state index in [-0.39, 0.29) is 0 Å². The summed E-state index contributed by atoms with van der Waals surface area (Å²) >= 11 is 7.75. The third kappa shape index (κ3) is 2.28. The van der Waals surface area contributed by atoms with Gasteiger partial charge in [0.1, 0.15) is 10.6 Å². The molecule has 1 aromatic carbocycles. The first-order chi connectivity index (χ1) is 10.3. The molecule has 3 nitrogen and oxygen atoms in total. The number of nitrogens with zero attached hydrogens (tertiary/aromatic N) is 3. The van der Waals surface area contributed by atoms with Gasteiger partial charge in [0, 0.05) is 24.0 Å². The second kappa shape index (κ2) is 5.28. The van der Waals surface area contributed by atoms with Crippen molar-refractivity contribution >= 4 is 39.0 Å². The highest BCUT2D eigenvalue weighted by Crippen LogP contribution is 2.39. The van der Waals surface area contributed by atoms with Crippen LogP contribution < -0.4 is 4.90 Å². The highest BCUT2D eigenvalue weighted by molar-refractivity contribution is 7.17. The van der Waals surface area contributed by atoms with Crippen LogP contribution in [0.15, 0.2) is 35.7 Å². The lowest BCUT2D eigenvalue weighted by Crippen LogP contribution is -2.19. The van der Waals surface area contributed by atoms with Gasteiger partial charge in [0.2, 0.25) is 5.28 Å². The molecule has 0 amide bonds. The van der Waals surface area contributed by atoms with Crippen LogP contribution in [0, 0.1) is 0 Å². The van der Waals surface area contributed by atoms with E-state index in [2.05, 4.69) is 44.5 Å². The molecule has 1 aliphatic rings. The molecule has 0 spiro atoms. The van der Waals surface area contributed by atoms with E-state index in [4.69, 9.17) is 11.6 Å². The Labute approximate surface area is 132 Å². The molecule has 0 N–H and O–H groups in total. The molecule has 0 saturated carbocycles. The summed E-state index contributed by atoms with van der Waals surface area (Å²) in [7, 11) is 0. The Kier molecular flexibility index (Phi) is 3.28. The smallest absolute Gasteiger partial charge is 0.225 e. The average Bonchev–Trinajstić information content (AvgIpc) is 3.16. The third-order valence-electron chi connectivity index (χ3n) is 3.88. The third-order valence-corrected chi connectivity index (χ3v) is 4.92. The number of benzene rings is 1. The Bertz CT molecular complexity index is 779. The second-order valence-electron chi connectivity index (χ2n) is 5.21. The highest BCUT2D eigenvalue weighted by atomic mass is 35.5. The van der Waals surface area contributed by atoms with Gasteiger partial charge in [0.15, 0.2) is 0 Å². The van der Waals surface area contributed by atoms with Gasteiger partial charge < -0.3 is 4.90 Å². The minimum absolute atomic E-state index is 0.339. The quantitative estimate of drug-likeness (QED) is 0.647. The zero-order valence-electron chi connectivity index (χ0n) is 11.4. The Hall–Kier alpha value is -1.65. The summed E-state index contributed by atoms with van der Waals surface area (Å²) in [5, 5.41) is 3.63. The Morgan fingerprint density at radius 1 is 1.05 bits per heavy atom. The number of fused-ring (bicyclic) bond motifs is 1. The van der Waals surface area contributed by atoms with E-state index in [1.54, 1.807) is 11.3 Å². The summed E-state index contributed by atoms with van der Waals surface area (Å²) in [6.45, 7) is 2.10. The molecular formula is C16H14ClN3S. The summed E-state index contributed by atoms with van der Waals surface area (Å²) in [6, 6.07) is 10.4. The van der Waals surface area contributed by atoms with Crippen molar-refractivity contribution in [1.82, 2.24) is 9.97 Å². The fourth-order valence-electron chi connectivity index (χ4n) is 2.89. The van der Waals surface area contributed by atoms with Crippen LogP contribution in [0.1, 0.15) is 12.8 Å². The van der Waals surface area contributed by atoms with Crippen LogP contribution in [-0.4, -0.2) is 23.1 Å². The van der Waals surface area contributed by atoms with Crippen molar-refractivity contribution in [2.75, 3.05) is 18.0 Å². The highest BCUT2D eigenvalue weighted by Gasteiger charge is 2.21. The fourth-order valence-corrected chi connectivity index (χ4v) is 4.04. The molecule has 2 aromatic heterocycles. The van der Waals surface area contributed by atoms with E-state index in [0.29, 0.717) is 5.28 Å². The first kappa shape index (κ1) is 13.0. The second-order valence-corrected chi connectivity index (χ2v) is 6.40. The van der Waals surface area contributed by atoms with Gasteiger partial charge in [-0.3, -0.25) is 0 Å². The van der Waals surface area contributed by atoms with Crippen LogP contribution in [0.5, 0.6) is 0 Å². The molecule has 106 valence electrons. The molecule has 1 saturated heterocycles. The molecule has 0 bridgehead atoms. The fraction of sp³-hybridized carbons (Fsp3) is 0.250. The summed E-state index contributed by atoms with van der Waals surface area (Å²) in [6.07, 6.45) is 2.43. The minimum atomic E-state index is 0.339. The van der Waals surface area contributed by atoms with Crippen LogP contribution >= 0.6 is 22.9 Å². The lowest BCUT2D eigenvalue weighted by Gasteiger charge is -2.18. The molecular weight excluding hydrogens is 302 g/mol. The number of hydrogen-bond acceptors (Lipinski definition) is 4. The number of hydrogen-bond donors (Lipinski definition) is 0. The van der Waals surface area contributed by atoms with E-state index >= 15 is 0 Å². The van der Waals surface area contributed by atoms with Crippen LogP contribution in [0.2, 0.25) is 5.28 Å². The number of thiophene rings is 1. The van der Waals surface area contributed by atoms with Gasteiger partial charge in [0.25, 0.3) is 0 Å². The van der Waals surface area contributed by atoms with Crippen molar-refractivity contribution in [1.29, 1.82) is 0 Å². The average molecular weight is 316 g/mol. The lowest BCUT2D eigenvalue weighted by molar-refractivity contribution is 0.940. The zero-order valence-corrected chi connectivity index (χ0v) is 13.0. The van der Waals surface area contributed by atoms with Crippen LogP contribution in [0.4, 0.5) is 5.82 Å². The van der Waals surface area contributed by atoms with E-state index in [1.165, 1.54) is 24.0 Å². The SMILES string of the molecule is Clc1nc(N2CCCC2)c2c(-c3ccccc3)csc2n1. The lowest BCUT2D eigenvalue weighted by atomic mass is 10.1. The largest absolute Gasteiger partial charge is 0.356 e. The molecule has 1 aliphatic heterocycles. The topological polar surface area (TPSA) is 29.0 Å². The maximum atomic E-state index is 6.12. The summed E-state index contributed by atoms with van der Waals surface area (Å²) in [5.74, 6) is 0.989. The summed E-state index contributed by atoms with van der Waals surface area (Å²) in [5.41, 5.74) is 2.41. The summed E-state index contributed by atoms with van der Waals surface area (Å²) < 4.78 is 0. The van der Waals surface area contributed by atoms with Gasteiger partial charge in [-0.1, -0.05) is 30.3 Å². The molecule has 4 rings (SSSR count). The van der Waals surface area contributed by atoms with E-state index < -0.39 is 0 Å². The van der Waals surface area contributed by atoms with Gasteiger partial charge >= 0.3 is 0 Å². The van der Waals surface area contributed by atoms with Crippen molar-refractivity contribution in [3.63, 3.8) is 0 Å². The Morgan fingerprint density at radius 3 is 2.57 bits per heavy atom. The first-order valence-electron chi connectivity index (χ1n) is 7.08. The Balaban J connectivity index is 1.97. The van der Waals surface area contributed by atoms with E-state index in [1.807, 2.05) is 6.07 Å². The summed E-state index contributed by atoms with van der Waals surface area (Å²) in [4.78, 5) is 12.2. The molecule has 21 heavy (non-hydrogen) atoms. The predicted molar refractivity (Wildman–Crippen MR) is 89.3 cm³/mol. The van der Waals surface area contributed by atoms with Gasteiger partial charge in [0.05, 0.1) is 5.39 Å². The van der Waals surface area contributed by atoms with Crippen LogP contribution in [0.25, 0.3) is 21.3 Å². The number of halogens is 1. The molecule has 1 fully saturated rings. The molecule has 0 aliphatic carbocycles. The molecule has 3 heterocycles. The van der Waals surface area contributed by atoms with Gasteiger partial charge in [-0.25, -0.2) is 4.98 Å². The maximum absolute atomic E-state index is 6.12. The maximum Gasteiger partial charge on any atom is 0.225 e.